The van der Waals surface area contributed by atoms with Gasteiger partial charge in [-0.2, -0.15) is 10.1 Å². The number of nitrogens with zero attached hydrogens (tertiary/aromatic N) is 6. The Kier molecular flexibility index (Phi) is 6.04. The Hall–Kier alpha value is -3.88. The number of carbonyl (C=O) groups is 1. The summed E-state index contributed by atoms with van der Waals surface area (Å²) in [5.74, 6) is 2.33. The number of aromatic nitrogens is 6. The van der Waals surface area contributed by atoms with Crippen LogP contribution in [0.3, 0.4) is 0 Å². The Bertz CT molecular complexity index is 1280. The monoisotopic (exact) mass is 445 g/mol. The van der Waals surface area contributed by atoms with Crippen molar-refractivity contribution in [2.75, 3.05) is 5.32 Å². The van der Waals surface area contributed by atoms with Crippen molar-refractivity contribution in [2.24, 2.45) is 7.05 Å². The van der Waals surface area contributed by atoms with Crippen LogP contribution in [0.4, 0.5) is 11.8 Å². The highest BCUT2D eigenvalue weighted by Gasteiger charge is 2.22. The molecule has 4 rings (SSSR count). The van der Waals surface area contributed by atoms with Gasteiger partial charge in [0.05, 0.1) is 0 Å². The van der Waals surface area contributed by atoms with E-state index >= 15 is 0 Å². The maximum Gasteiger partial charge on any atom is 0.231 e. The molecule has 33 heavy (non-hydrogen) atoms. The van der Waals surface area contributed by atoms with E-state index in [0.717, 1.165) is 16.7 Å². The molecule has 0 aliphatic rings. The topological polar surface area (TPSA) is 112 Å². The summed E-state index contributed by atoms with van der Waals surface area (Å²) >= 11 is 0. The van der Waals surface area contributed by atoms with Crippen LogP contribution in [0, 0.1) is 6.92 Å². The van der Waals surface area contributed by atoms with Crippen molar-refractivity contribution < 1.29 is 9.32 Å². The number of Topliss-reactive ketones (excluding diaryl/α,β-unsaturated/α-hetero) is 1. The lowest BCUT2D eigenvalue weighted by molar-refractivity contribution is 0.0973. The molecule has 0 bridgehead atoms. The van der Waals surface area contributed by atoms with E-state index in [-0.39, 0.29) is 11.2 Å². The quantitative estimate of drug-likeness (QED) is 0.416. The molecule has 170 valence electrons. The van der Waals surface area contributed by atoms with Gasteiger partial charge in [0.1, 0.15) is 17.8 Å². The van der Waals surface area contributed by atoms with Gasteiger partial charge in [-0.15, -0.1) is 0 Å². The van der Waals surface area contributed by atoms with Gasteiger partial charge in [0, 0.05) is 42.8 Å². The molecule has 0 fully saturated rings. The van der Waals surface area contributed by atoms with Crippen molar-refractivity contribution in [3.8, 4) is 11.4 Å². The molecule has 0 saturated carbocycles. The van der Waals surface area contributed by atoms with Gasteiger partial charge in [-0.05, 0) is 30.5 Å². The van der Waals surface area contributed by atoms with Crippen LogP contribution >= 0.6 is 0 Å². The van der Waals surface area contributed by atoms with Crippen LogP contribution in [0.5, 0.6) is 0 Å². The first-order chi connectivity index (χ1) is 15.7. The molecule has 1 aromatic carbocycles. The Morgan fingerprint density at radius 2 is 1.97 bits per heavy atom. The van der Waals surface area contributed by atoms with Crippen molar-refractivity contribution in [2.45, 2.75) is 46.0 Å². The van der Waals surface area contributed by atoms with Gasteiger partial charge in [0.2, 0.25) is 5.95 Å². The second kappa shape index (κ2) is 8.93. The summed E-state index contributed by atoms with van der Waals surface area (Å²) in [5, 5.41) is 11.3. The van der Waals surface area contributed by atoms with E-state index in [1.165, 1.54) is 6.33 Å². The number of benzene rings is 1. The Labute approximate surface area is 192 Å². The molecule has 0 spiro atoms. The Balaban J connectivity index is 1.43. The number of anilines is 2. The zero-order valence-electron chi connectivity index (χ0n) is 19.5. The molecule has 4 aromatic rings. The molecule has 9 nitrogen and oxygen atoms in total. The van der Waals surface area contributed by atoms with Crippen LogP contribution in [0.15, 0.2) is 47.4 Å². The molecular weight excluding hydrogens is 418 g/mol. The minimum Gasteiger partial charge on any atom is -0.360 e. The Morgan fingerprint density at radius 3 is 2.64 bits per heavy atom. The summed E-state index contributed by atoms with van der Waals surface area (Å²) in [6, 6.07) is 9.58. The number of hydrogen-bond acceptors (Lipinski definition) is 8. The van der Waals surface area contributed by atoms with Crippen molar-refractivity contribution in [3.05, 3.63) is 65.4 Å². The maximum absolute atomic E-state index is 12.6. The first-order valence-electron chi connectivity index (χ1n) is 10.7. The van der Waals surface area contributed by atoms with Gasteiger partial charge in [-0.25, -0.2) is 9.97 Å². The standard InChI is InChI=1S/C24H27N7O2/c1-15-12-17(22-25-14-26-23(28-22)27-21-10-11-31(5)29-21)7-6-16(15)8-9-19(32)18-13-20(33-30-18)24(2,3)4/h6-7,10-14H,8-9H2,1-5H3,(H,25,26,27,28,29). The van der Waals surface area contributed by atoms with Gasteiger partial charge >= 0.3 is 0 Å². The summed E-state index contributed by atoms with van der Waals surface area (Å²) in [6.07, 6.45) is 4.29. The predicted octanol–water partition coefficient (Wildman–Crippen LogP) is 4.43. The predicted molar refractivity (Wildman–Crippen MR) is 124 cm³/mol. The largest absolute Gasteiger partial charge is 0.360 e. The molecular formula is C24H27N7O2. The third kappa shape index (κ3) is 5.31. The molecule has 0 atom stereocenters. The maximum atomic E-state index is 12.6. The summed E-state index contributed by atoms with van der Waals surface area (Å²) < 4.78 is 7.04. The van der Waals surface area contributed by atoms with Gasteiger partial charge in [0.25, 0.3) is 0 Å². The van der Waals surface area contributed by atoms with E-state index in [2.05, 4.69) is 30.5 Å². The van der Waals surface area contributed by atoms with Crippen LogP contribution in [0.25, 0.3) is 11.4 Å². The average Bonchev–Trinajstić information content (AvgIpc) is 3.42. The van der Waals surface area contributed by atoms with E-state index < -0.39 is 0 Å². The molecule has 0 aliphatic heterocycles. The van der Waals surface area contributed by atoms with E-state index in [9.17, 15) is 4.79 Å². The van der Waals surface area contributed by atoms with Crippen LogP contribution in [-0.4, -0.2) is 35.7 Å². The first-order valence-corrected chi connectivity index (χ1v) is 10.7. The summed E-state index contributed by atoms with van der Waals surface area (Å²) in [5.41, 5.74) is 3.23. The smallest absolute Gasteiger partial charge is 0.231 e. The molecule has 0 amide bonds. The van der Waals surface area contributed by atoms with Gasteiger partial charge in [0.15, 0.2) is 17.4 Å². The number of nitrogens with one attached hydrogen (secondary N) is 1. The zero-order chi connectivity index (χ0) is 23.6. The minimum atomic E-state index is -0.181. The molecule has 0 radical (unpaired) electrons. The third-order valence-corrected chi connectivity index (χ3v) is 5.28. The third-order valence-electron chi connectivity index (χ3n) is 5.28. The molecule has 3 aromatic heterocycles. The summed E-state index contributed by atoms with van der Waals surface area (Å²) in [6.45, 7) is 8.09. The fourth-order valence-corrected chi connectivity index (χ4v) is 3.34. The molecule has 1 N–H and O–H groups in total. The molecule has 3 heterocycles. The lowest BCUT2D eigenvalue weighted by Crippen LogP contribution is -2.09. The second-order valence-electron chi connectivity index (χ2n) is 9.02. The number of aryl methyl sites for hydroxylation is 3. The molecule has 0 aliphatic carbocycles. The fraction of sp³-hybridized carbons (Fsp3) is 0.333. The first kappa shape index (κ1) is 22.3. The van der Waals surface area contributed by atoms with E-state index in [4.69, 9.17) is 4.52 Å². The van der Waals surface area contributed by atoms with Crippen molar-refractivity contribution in [3.63, 3.8) is 0 Å². The summed E-state index contributed by atoms with van der Waals surface area (Å²) in [4.78, 5) is 25.6. The number of hydrogen-bond donors (Lipinski definition) is 1. The highest BCUT2D eigenvalue weighted by molar-refractivity contribution is 5.94. The summed E-state index contributed by atoms with van der Waals surface area (Å²) in [7, 11) is 1.84. The van der Waals surface area contributed by atoms with Crippen molar-refractivity contribution in [1.82, 2.24) is 29.9 Å². The lowest BCUT2D eigenvalue weighted by atomic mass is 9.92. The number of rotatable bonds is 7. The molecule has 9 heteroatoms. The lowest BCUT2D eigenvalue weighted by Gasteiger charge is -2.12. The zero-order valence-corrected chi connectivity index (χ0v) is 19.5. The van der Waals surface area contributed by atoms with Gasteiger partial charge in [-0.1, -0.05) is 38.1 Å². The second-order valence-corrected chi connectivity index (χ2v) is 9.02. The van der Waals surface area contributed by atoms with Crippen molar-refractivity contribution in [1.29, 1.82) is 0 Å². The van der Waals surface area contributed by atoms with Gasteiger partial charge in [-0.3, -0.25) is 9.48 Å². The highest BCUT2D eigenvalue weighted by atomic mass is 16.5. The van der Waals surface area contributed by atoms with E-state index in [1.54, 1.807) is 10.7 Å². The SMILES string of the molecule is Cc1cc(-c2ncnc(Nc3ccn(C)n3)n2)ccc1CCC(=O)c1cc(C(C)(C)C)on1. The van der Waals surface area contributed by atoms with E-state index in [1.807, 2.05) is 65.2 Å². The van der Waals surface area contributed by atoms with Crippen molar-refractivity contribution >= 4 is 17.5 Å². The Morgan fingerprint density at radius 1 is 1.15 bits per heavy atom. The fourth-order valence-electron chi connectivity index (χ4n) is 3.34. The van der Waals surface area contributed by atoms with Crippen LogP contribution in [-0.2, 0) is 18.9 Å². The minimum absolute atomic E-state index is 0.0274. The van der Waals surface area contributed by atoms with Crippen LogP contribution < -0.4 is 5.32 Å². The number of carbonyl (C=O) groups excluding carboxylic acids is 1. The van der Waals surface area contributed by atoms with E-state index in [0.29, 0.717) is 41.9 Å². The van der Waals surface area contributed by atoms with Gasteiger partial charge < -0.3 is 9.84 Å². The molecule has 0 unspecified atom stereocenters. The average molecular weight is 446 g/mol. The number of ketones is 1. The normalized spacial score (nSPS) is 11.5. The van der Waals surface area contributed by atoms with Crippen LogP contribution in [0.1, 0.15) is 54.6 Å². The van der Waals surface area contributed by atoms with Crippen LogP contribution in [0.2, 0.25) is 0 Å². The highest BCUT2D eigenvalue weighted by Crippen LogP contribution is 2.24. The molecule has 0 saturated heterocycles.